The molecule has 82 valence electrons. The van der Waals surface area contributed by atoms with Crippen LogP contribution in [0.25, 0.3) is 0 Å². The van der Waals surface area contributed by atoms with Crippen LogP contribution in [0.5, 0.6) is 0 Å². The van der Waals surface area contributed by atoms with Gasteiger partial charge in [-0.2, -0.15) is 0 Å². The minimum atomic E-state index is 0.209. The van der Waals surface area contributed by atoms with Gasteiger partial charge in [0.05, 0.1) is 0 Å². The third kappa shape index (κ3) is 8.03. The molecule has 0 atom stereocenters. The number of rotatable bonds is 7. The summed E-state index contributed by atoms with van der Waals surface area (Å²) in [7, 11) is 0. The van der Waals surface area contributed by atoms with Gasteiger partial charge in [-0.15, -0.1) is 0 Å². The molecule has 1 nitrogen and oxygen atoms in total. The average Bonchev–Trinajstić information content (AvgIpc) is 2.09. The molecule has 0 amide bonds. The molecule has 0 aromatic rings. The highest BCUT2D eigenvalue weighted by molar-refractivity contribution is 5.80. The molecule has 0 saturated carbocycles. The van der Waals surface area contributed by atoms with Gasteiger partial charge in [-0.05, 0) is 25.2 Å². The number of allylic oxidation sites excluding steroid dienone is 2. The molecule has 0 saturated heterocycles. The summed E-state index contributed by atoms with van der Waals surface area (Å²) in [5, 5.41) is 0. The molecular weight excluding hydrogens is 172 g/mol. The molecule has 0 fully saturated rings. The van der Waals surface area contributed by atoms with E-state index >= 15 is 0 Å². The van der Waals surface area contributed by atoms with Gasteiger partial charge in [0.2, 0.25) is 0 Å². The Labute approximate surface area is 88.6 Å². The second-order valence-corrected chi connectivity index (χ2v) is 4.54. The zero-order chi connectivity index (χ0) is 11.0. The van der Waals surface area contributed by atoms with Crippen LogP contribution in [0.2, 0.25) is 0 Å². The van der Waals surface area contributed by atoms with Gasteiger partial charge in [-0.25, -0.2) is 0 Å². The SMILES string of the molecule is CC(C)/C=C/CCCCC(=O)C(C)C. The average molecular weight is 196 g/mol. The molecule has 0 aliphatic heterocycles. The third-order valence-corrected chi connectivity index (χ3v) is 2.21. The molecular formula is C13H24O. The summed E-state index contributed by atoms with van der Waals surface area (Å²) in [6.07, 6.45) is 8.51. The molecule has 14 heavy (non-hydrogen) atoms. The summed E-state index contributed by atoms with van der Waals surface area (Å²) in [6.45, 7) is 8.31. The molecule has 0 radical (unpaired) electrons. The molecule has 0 rings (SSSR count). The first-order valence-corrected chi connectivity index (χ1v) is 5.73. The zero-order valence-corrected chi connectivity index (χ0v) is 10.0. The highest BCUT2D eigenvalue weighted by Crippen LogP contribution is 2.07. The second-order valence-electron chi connectivity index (χ2n) is 4.54. The van der Waals surface area contributed by atoms with Crippen molar-refractivity contribution in [3.8, 4) is 0 Å². The predicted octanol–water partition coefficient (Wildman–Crippen LogP) is 3.98. The third-order valence-electron chi connectivity index (χ3n) is 2.21. The van der Waals surface area contributed by atoms with Gasteiger partial charge < -0.3 is 0 Å². The van der Waals surface area contributed by atoms with E-state index in [1.807, 2.05) is 13.8 Å². The molecule has 0 unspecified atom stereocenters. The Morgan fingerprint density at radius 3 is 2.29 bits per heavy atom. The Hall–Kier alpha value is -0.590. The first-order chi connectivity index (χ1) is 6.54. The smallest absolute Gasteiger partial charge is 0.135 e. The number of ketones is 1. The lowest BCUT2D eigenvalue weighted by Gasteiger charge is -2.02. The first kappa shape index (κ1) is 13.4. The monoisotopic (exact) mass is 196 g/mol. The molecule has 0 N–H and O–H groups in total. The minimum absolute atomic E-state index is 0.209. The fraction of sp³-hybridized carbons (Fsp3) is 0.769. The molecule has 0 spiro atoms. The lowest BCUT2D eigenvalue weighted by atomic mass is 10.0. The van der Waals surface area contributed by atoms with Crippen LogP contribution in [-0.4, -0.2) is 5.78 Å². The Morgan fingerprint density at radius 2 is 1.79 bits per heavy atom. The number of carbonyl (C=O) groups is 1. The van der Waals surface area contributed by atoms with E-state index in [1.165, 1.54) is 0 Å². The maximum atomic E-state index is 11.3. The van der Waals surface area contributed by atoms with Crippen molar-refractivity contribution >= 4 is 5.78 Å². The first-order valence-electron chi connectivity index (χ1n) is 5.73. The number of hydrogen-bond acceptors (Lipinski definition) is 1. The summed E-state index contributed by atoms with van der Waals surface area (Å²) in [5.41, 5.74) is 0. The highest BCUT2D eigenvalue weighted by Gasteiger charge is 2.05. The largest absolute Gasteiger partial charge is 0.299 e. The van der Waals surface area contributed by atoms with Crippen molar-refractivity contribution in [3.05, 3.63) is 12.2 Å². The second kappa shape index (κ2) is 7.78. The van der Waals surface area contributed by atoms with Gasteiger partial charge in [0, 0.05) is 12.3 Å². The van der Waals surface area contributed by atoms with Crippen molar-refractivity contribution in [2.24, 2.45) is 11.8 Å². The van der Waals surface area contributed by atoms with Crippen molar-refractivity contribution in [2.45, 2.75) is 53.4 Å². The molecule has 0 aromatic heterocycles. The summed E-state index contributed by atoms with van der Waals surface area (Å²) >= 11 is 0. The number of carbonyl (C=O) groups excluding carboxylic acids is 1. The Balaban J connectivity index is 3.34. The summed E-state index contributed by atoms with van der Waals surface area (Å²) in [4.78, 5) is 11.3. The van der Waals surface area contributed by atoms with Crippen LogP contribution in [0.15, 0.2) is 12.2 Å². The fourth-order valence-electron chi connectivity index (χ4n) is 1.22. The topological polar surface area (TPSA) is 17.1 Å². The maximum absolute atomic E-state index is 11.3. The van der Waals surface area contributed by atoms with Crippen molar-refractivity contribution in [1.82, 2.24) is 0 Å². The molecule has 1 heteroatoms. The van der Waals surface area contributed by atoms with Gasteiger partial charge in [0.15, 0.2) is 0 Å². The normalized spacial score (nSPS) is 11.9. The standard InChI is InChI=1S/C13H24O/c1-11(2)9-7-5-6-8-10-13(14)12(3)4/h7,9,11-12H,5-6,8,10H2,1-4H3/b9-7+. The van der Waals surface area contributed by atoms with E-state index < -0.39 is 0 Å². The zero-order valence-electron chi connectivity index (χ0n) is 10.0. The van der Waals surface area contributed by atoms with Crippen LogP contribution in [0.4, 0.5) is 0 Å². The van der Waals surface area contributed by atoms with Gasteiger partial charge in [-0.3, -0.25) is 4.79 Å². The fourth-order valence-corrected chi connectivity index (χ4v) is 1.22. The van der Waals surface area contributed by atoms with Gasteiger partial charge in [0.1, 0.15) is 5.78 Å². The summed E-state index contributed by atoms with van der Waals surface area (Å²) in [6, 6.07) is 0. The van der Waals surface area contributed by atoms with E-state index in [9.17, 15) is 4.79 Å². The summed E-state index contributed by atoms with van der Waals surface area (Å²) < 4.78 is 0. The van der Waals surface area contributed by atoms with E-state index in [0.717, 1.165) is 25.7 Å². The van der Waals surface area contributed by atoms with Crippen molar-refractivity contribution in [3.63, 3.8) is 0 Å². The van der Waals surface area contributed by atoms with Crippen molar-refractivity contribution in [1.29, 1.82) is 0 Å². The lowest BCUT2D eigenvalue weighted by Crippen LogP contribution is -2.05. The van der Waals surface area contributed by atoms with Crippen LogP contribution < -0.4 is 0 Å². The van der Waals surface area contributed by atoms with Gasteiger partial charge in [0.25, 0.3) is 0 Å². The Bertz CT molecular complexity index is 178. The van der Waals surface area contributed by atoms with E-state index in [4.69, 9.17) is 0 Å². The van der Waals surface area contributed by atoms with E-state index in [-0.39, 0.29) is 5.92 Å². The lowest BCUT2D eigenvalue weighted by molar-refractivity contribution is -0.122. The Morgan fingerprint density at radius 1 is 1.14 bits per heavy atom. The van der Waals surface area contributed by atoms with Crippen LogP contribution in [0.1, 0.15) is 53.4 Å². The summed E-state index contributed by atoms with van der Waals surface area (Å²) in [5.74, 6) is 1.26. The van der Waals surface area contributed by atoms with Gasteiger partial charge in [-0.1, -0.05) is 39.8 Å². The number of unbranched alkanes of at least 4 members (excludes halogenated alkanes) is 2. The number of hydrogen-bond donors (Lipinski definition) is 0. The maximum Gasteiger partial charge on any atom is 0.135 e. The minimum Gasteiger partial charge on any atom is -0.299 e. The van der Waals surface area contributed by atoms with Crippen LogP contribution in [-0.2, 0) is 4.79 Å². The Kier molecular flexibility index (Phi) is 7.45. The van der Waals surface area contributed by atoms with E-state index in [1.54, 1.807) is 0 Å². The highest BCUT2D eigenvalue weighted by atomic mass is 16.1. The van der Waals surface area contributed by atoms with Crippen LogP contribution in [0.3, 0.4) is 0 Å². The molecule has 0 heterocycles. The quantitative estimate of drug-likeness (QED) is 0.444. The van der Waals surface area contributed by atoms with E-state index in [2.05, 4.69) is 26.0 Å². The molecule has 0 aliphatic rings. The molecule has 0 aromatic carbocycles. The number of Topliss-reactive ketones (excluding diaryl/α,β-unsaturated/α-hetero) is 1. The van der Waals surface area contributed by atoms with Crippen molar-refractivity contribution < 1.29 is 4.79 Å². The predicted molar refractivity (Wildman–Crippen MR) is 62.3 cm³/mol. The van der Waals surface area contributed by atoms with Crippen molar-refractivity contribution in [2.75, 3.05) is 0 Å². The molecule has 0 bridgehead atoms. The molecule has 0 aliphatic carbocycles. The van der Waals surface area contributed by atoms with Crippen LogP contribution >= 0.6 is 0 Å². The van der Waals surface area contributed by atoms with E-state index in [0.29, 0.717) is 11.7 Å². The van der Waals surface area contributed by atoms with Gasteiger partial charge >= 0.3 is 0 Å². The van der Waals surface area contributed by atoms with Crippen LogP contribution in [0, 0.1) is 11.8 Å².